The molecule has 0 saturated heterocycles. The number of nitrogens with zero attached hydrogens (tertiary/aromatic N) is 9. The zero-order valence-electron chi connectivity index (χ0n) is 68.2. The van der Waals surface area contributed by atoms with Crippen molar-refractivity contribution in [1.82, 2.24) is 42.4 Å². The highest BCUT2D eigenvalue weighted by molar-refractivity contribution is 6.18. The van der Waals surface area contributed by atoms with Gasteiger partial charge in [0.1, 0.15) is 0 Å². The second-order valence-electron chi connectivity index (χ2n) is 33.0. The fourth-order valence-corrected chi connectivity index (χ4v) is 20.4. The zero-order valence-corrected chi connectivity index (χ0v) is 68.2. The van der Waals surface area contributed by atoms with Crippen LogP contribution in [0.15, 0.2) is 443 Å². The number of fused-ring (bicyclic) bond motifs is 18. The summed E-state index contributed by atoms with van der Waals surface area (Å²) in [6, 6.07) is 162. The topological polar surface area (TPSA) is 68.2 Å². The van der Waals surface area contributed by atoms with Crippen LogP contribution in [0.4, 0.5) is 0 Å². The van der Waals surface area contributed by atoms with E-state index in [2.05, 4.69) is 470 Å². The Morgan fingerprint density at radius 1 is 0.135 bits per heavy atom. The van der Waals surface area contributed by atoms with E-state index in [1.54, 1.807) is 0 Å². The molecular formula is C117H73N9. The molecule has 586 valence electrons. The van der Waals surface area contributed by atoms with Crippen molar-refractivity contribution in [2.24, 2.45) is 0 Å². The first-order valence-corrected chi connectivity index (χ1v) is 43.0. The Hall–Kier alpha value is -17.0. The normalized spacial score (nSPS) is 12.0. The van der Waals surface area contributed by atoms with Crippen molar-refractivity contribution in [2.75, 3.05) is 0 Å². The summed E-state index contributed by atoms with van der Waals surface area (Å²) in [6.07, 6.45) is 0. The molecule has 26 aromatic rings. The Kier molecular flexibility index (Phi) is 15.9. The standard InChI is InChI=1S/C117H73N9/c1-7-28-74(29-8-1)88-44-27-45-93(114(88)75-30-9-2-10-31-75)115-118-116(125-110-62-54-80(76-50-58-106-94(66-76)89-40-19-23-46-102(89)121(106)84-32-11-3-12-33-84)70-98(110)99-71-81(55-63-111(99)125)77-51-59-107-95(67-77)90-41-20-24-47-103(90)122(107)85-34-13-4-14-35-85)120-117(119-115)126-112-64-56-82(78-52-60-108-96(68-78)91-42-21-25-48-104(91)123(108)86-36-15-5-16-37-86)72-100(112)101-73-83(57-65-113(101)126)79-53-61-109-97(69-79)92-43-22-26-49-105(92)124(109)87-38-17-6-18-39-87/h1-73H. The van der Waals surface area contributed by atoms with E-state index >= 15 is 0 Å². The van der Waals surface area contributed by atoms with Crippen LogP contribution in [-0.2, 0) is 0 Å². The van der Waals surface area contributed by atoms with Gasteiger partial charge in [0.25, 0.3) is 0 Å². The van der Waals surface area contributed by atoms with Crippen LogP contribution in [0.5, 0.6) is 0 Å². The molecule has 9 heteroatoms. The first-order valence-electron chi connectivity index (χ1n) is 43.0. The summed E-state index contributed by atoms with van der Waals surface area (Å²) in [5.74, 6) is 1.47. The predicted molar refractivity (Wildman–Crippen MR) is 524 cm³/mol. The minimum absolute atomic E-state index is 0.471. The van der Waals surface area contributed by atoms with Gasteiger partial charge < -0.3 is 18.3 Å². The van der Waals surface area contributed by atoms with Gasteiger partial charge >= 0.3 is 0 Å². The van der Waals surface area contributed by atoms with Crippen LogP contribution in [0.2, 0.25) is 0 Å². The van der Waals surface area contributed by atoms with Gasteiger partial charge in [-0.2, -0.15) is 15.0 Å². The fraction of sp³-hybridized carbons (Fsp3) is 0. The van der Waals surface area contributed by atoms with Crippen molar-refractivity contribution in [1.29, 1.82) is 0 Å². The summed E-state index contributed by atoms with van der Waals surface area (Å²) < 4.78 is 14.1. The second kappa shape index (κ2) is 28.3. The van der Waals surface area contributed by atoms with Crippen LogP contribution in [0.25, 0.3) is 244 Å². The lowest BCUT2D eigenvalue weighted by Crippen LogP contribution is -2.10. The van der Waals surface area contributed by atoms with E-state index < -0.39 is 0 Å². The highest BCUT2D eigenvalue weighted by Crippen LogP contribution is 2.47. The van der Waals surface area contributed by atoms with E-state index in [9.17, 15) is 0 Å². The van der Waals surface area contributed by atoms with E-state index in [1.807, 2.05) is 0 Å². The van der Waals surface area contributed by atoms with Crippen molar-refractivity contribution in [3.05, 3.63) is 443 Å². The summed E-state index contributed by atoms with van der Waals surface area (Å²) in [6.45, 7) is 0. The van der Waals surface area contributed by atoms with Crippen LogP contribution in [0, 0.1) is 0 Å². The van der Waals surface area contributed by atoms with Gasteiger partial charge in [0.2, 0.25) is 11.9 Å². The summed E-state index contributed by atoms with van der Waals surface area (Å²) >= 11 is 0. The average Bonchev–Trinajstić information content (AvgIpc) is 1.56. The number of benzene rings is 19. The van der Waals surface area contributed by atoms with Crippen molar-refractivity contribution >= 4 is 131 Å². The number of hydrogen-bond acceptors (Lipinski definition) is 3. The molecule has 0 radical (unpaired) electrons. The molecule has 26 rings (SSSR count). The number of aromatic nitrogens is 9. The molecule has 19 aromatic carbocycles. The third-order valence-electron chi connectivity index (χ3n) is 26.1. The average molecular weight is 1600 g/mol. The highest BCUT2D eigenvalue weighted by atomic mass is 15.3. The van der Waals surface area contributed by atoms with Gasteiger partial charge in [0, 0.05) is 98.5 Å². The fourth-order valence-electron chi connectivity index (χ4n) is 20.4. The van der Waals surface area contributed by atoms with Gasteiger partial charge in [-0.25, -0.2) is 0 Å². The van der Waals surface area contributed by atoms with E-state index in [4.69, 9.17) is 15.0 Å². The molecule has 0 atom stereocenters. The Morgan fingerprint density at radius 3 is 0.627 bits per heavy atom. The van der Waals surface area contributed by atoms with Gasteiger partial charge in [-0.05, 0) is 231 Å². The van der Waals surface area contributed by atoms with E-state index in [0.717, 1.165) is 183 Å². The molecule has 7 aromatic heterocycles. The lowest BCUT2D eigenvalue weighted by atomic mass is 9.90. The molecule has 0 aliphatic heterocycles. The minimum atomic E-state index is 0.471. The summed E-state index contributed by atoms with van der Waals surface area (Å²) in [5, 5.41) is 13.7. The van der Waals surface area contributed by atoms with E-state index in [-0.39, 0.29) is 0 Å². The monoisotopic (exact) mass is 1600 g/mol. The van der Waals surface area contributed by atoms with Crippen molar-refractivity contribution in [3.63, 3.8) is 0 Å². The first kappa shape index (κ1) is 70.8. The van der Waals surface area contributed by atoms with Crippen LogP contribution in [-0.4, -0.2) is 42.4 Å². The lowest BCUT2D eigenvalue weighted by Gasteiger charge is -2.17. The minimum Gasteiger partial charge on any atom is -0.309 e. The van der Waals surface area contributed by atoms with Crippen LogP contribution < -0.4 is 0 Å². The van der Waals surface area contributed by atoms with Crippen LogP contribution >= 0.6 is 0 Å². The maximum absolute atomic E-state index is 6.01. The van der Waals surface area contributed by atoms with E-state index in [0.29, 0.717) is 17.7 Å². The third-order valence-corrected chi connectivity index (χ3v) is 26.1. The maximum Gasteiger partial charge on any atom is 0.240 e. The molecule has 0 bridgehead atoms. The van der Waals surface area contributed by atoms with Gasteiger partial charge in [-0.15, -0.1) is 0 Å². The summed E-state index contributed by atoms with van der Waals surface area (Å²) in [5.41, 5.74) is 31.4. The molecule has 0 fully saturated rings. The third kappa shape index (κ3) is 11.1. The summed E-state index contributed by atoms with van der Waals surface area (Å²) in [4.78, 5) is 17.9. The van der Waals surface area contributed by atoms with Crippen LogP contribution in [0.3, 0.4) is 0 Å². The Labute approximate surface area is 724 Å². The van der Waals surface area contributed by atoms with Gasteiger partial charge in [0.05, 0.1) is 66.2 Å². The molecule has 0 spiro atoms. The largest absolute Gasteiger partial charge is 0.309 e. The SMILES string of the molecule is c1ccc(-c2cccc(-c3nc(-n4c5ccc(-c6ccc7c(c6)c6ccccc6n7-c6ccccc6)cc5c5cc(-c6ccc7c(c6)c6ccccc6n7-c6ccccc6)ccc54)nc(-n4c5ccc(-c6ccc7c(c6)c6ccccc6n7-c6ccccc6)cc5c5cc(-c6ccc7c(c6)c6ccccc6n7-c6ccccc6)ccc54)n3)c2-c2ccccc2)cc1. The molecule has 0 N–H and O–H groups in total. The molecule has 9 nitrogen and oxygen atoms in total. The van der Waals surface area contributed by atoms with Crippen molar-refractivity contribution in [3.8, 4) is 113 Å². The number of hydrogen-bond donors (Lipinski definition) is 0. The number of para-hydroxylation sites is 8. The Bertz CT molecular complexity index is 8060. The molecule has 126 heavy (non-hydrogen) atoms. The molecule has 0 saturated carbocycles. The van der Waals surface area contributed by atoms with Gasteiger partial charge in [0.15, 0.2) is 5.82 Å². The lowest BCUT2D eigenvalue weighted by molar-refractivity contribution is 0.893. The molecule has 7 heterocycles. The number of rotatable bonds is 13. The van der Waals surface area contributed by atoms with Gasteiger partial charge in [-0.3, -0.25) is 9.13 Å². The first-order chi connectivity index (χ1) is 62.5. The molecule has 0 aliphatic rings. The van der Waals surface area contributed by atoms with E-state index in [1.165, 1.54) is 43.1 Å². The van der Waals surface area contributed by atoms with Crippen molar-refractivity contribution < 1.29 is 0 Å². The van der Waals surface area contributed by atoms with Gasteiger partial charge in [-0.1, -0.05) is 273 Å². The molecular weight excluding hydrogens is 1530 g/mol. The summed E-state index contributed by atoms with van der Waals surface area (Å²) in [7, 11) is 0. The Morgan fingerprint density at radius 2 is 0.349 bits per heavy atom. The maximum atomic E-state index is 6.01. The smallest absolute Gasteiger partial charge is 0.240 e. The van der Waals surface area contributed by atoms with Crippen LogP contribution in [0.1, 0.15) is 0 Å². The Balaban J connectivity index is 0.728. The second-order valence-corrected chi connectivity index (χ2v) is 33.0. The molecule has 0 unspecified atom stereocenters. The zero-order chi connectivity index (χ0) is 82.6. The molecule has 0 amide bonds. The van der Waals surface area contributed by atoms with Crippen molar-refractivity contribution in [2.45, 2.75) is 0 Å². The molecule has 0 aliphatic carbocycles. The predicted octanol–water partition coefficient (Wildman–Crippen LogP) is 30.1. The quantitative estimate of drug-likeness (QED) is 0.116. The highest BCUT2D eigenvalue weighted by Gasteiger charge is 2.27.